The minimum absolute atomic E-state index is 0.709. The number of imidazole rings is 1. The molecule has 0 saturated heterocycles. The molecule has 1 aromatic heterocycles. The SMILES string of the molecule is CCCNCc1cncn1C1CC(C)C1. The van der Waals surface area contributed by atoms with Crippen molar-refractivity contribution in [3.8, 4) is 0 Å². The summed E-state index contributed by atoms with van der Waals surface area (Å²) >= 11 is 0. The van der Waals surface area contributed by atoms with Crippen LogP contribution in [0.5, 0.6) is 0 Å². The quantitative estimate of drug-likeness (QED) is 0.751. The number of nitrogens with one attached hydrogen (secondary N) is 1. The molecule has 0 spiro atoms. The highest BCUT2D eigenvalue weighted by Crippen LogP contribution is 2.37. The van der Waals surface area contributed by atoms with Crippen molar-refractivity contribution < 1.29 is 0 Å². The molecule has 0 atom stereocenters. The van der Waals surface area contributed by atoms with Crippen molar-refractivity contribution in [2.45, 2.75) is 45.7 Å². The molecule has 1 heterocycles. The Labute approximate surface area is 91.9 Å². The van der Waals surface area contributed by atoms with Gasteiger partial charge in [-0.15, -0.1) is 0 Å². The maximum atomic E-state index is 4.25. The van der Waals surface area contributed by atoms with Gasteiger partial charge in [0.15, 0.2) is 0 Å². The van der Waals surface area contributed by atoms with Gasteiger partial charge in [0.2, 0.25) is 0 Å². The van der Waals surface area contributed by atoms with E-state index in [2.05, 4.69) is 28.7 Å². The maximum Gasteiger partial charge on any atom is 0.0951 e. The van der Waals surface area contributed by atoms with Crippen LogP contribution in [0.1, 0.15) is 44.8 Å². The first-order chi connectivity index (χ1) is 7.31. The molecule has 0 amide bonds. The third-order valence-electron chi connectivity index (χ3n) is 3.22. The predicted molar refractivity (Wildman–Crippen MR) is 61.7 cm³/mol. The van der Waals surface area contributed by atoms with Crippen LogP contribution in [0.4, 0.5) is 0 Å². The van der Waals surface area contributed by atoms with Crippen LogP contribution in [0, 0.1) is 5.92 Å². The van der Waals surface area contributed by atoms with Crippen molar-refractivity contribution in [3.05, 3.63) is 18.2 Å². The highest BCUT2D eigenvalue weighted by atomic mass is 15.1. The number of aromatic nitrogens is 2. The Kier molecular flexibility index (Phi) is 3.41. The Hall–Kier alpha value is -0.830. The van der Waals surface area contributed by atoms with Crippen LogP contribution in [-0.2, 0) is 6.54 Å². The third kappa shape index (κ3) is 2.40. The molecule has 0 unspecified atom stereocenters. The maximum absolute atomic E-state index is 4.25. The average molecular weight is 207 g/mol. The van der Waals surface area contributed by atoms with Crippen molar-refractivity contribution in [1.82, 2.24) is 14.9 Å². The van der Waals surface area contributed by atoms with Gasteiger partial charge in [0.05, 0.1) is 12.0 Å². The summed E-state index contributed by atoms with van der Waals surface area (Å²) in [4.78, 5) is 4.25. The lowest BCUT2D eigenvalue weighted by Gasteiger charge is -2.34. The molecule has 1 N–H and O–H groups in total. The van der Waals surface area contributed by atoms with E-state index in [1.165, 1.54) is 25.0 Å². The van der Waals surface area contributed by atoms with E-state index in [0.29, 0.717) is 6.04 Å². The molecule has 1 fully saturated rings. The van der Waals surface area contributed by atoms with Crippen molar-refractivity contribution in [1.29, 1.82) is 0 Å². The fourth-order valence-corrected chi connectivity index (χ4v) is 2.28. The van der Waals surface area contributed by atoms with Gasteiger partial charge in [0.25, 0.3) is 0 Å². The van der Waals surface area contributed by atoms with E-state index in [-0.39, 0.29) is 0 Å². The van der Waals surface area contributed by atoms with Crippen LogP contribution in [0.2, 0.25) is 0 Å². The van der Waals surface area contributed by atoms with Crippen molar-refractivity contribution in [3.63, 3.8) is 0 Å². The lowest BCUT2D eigenvalue weighted by molar-refractivity contribution is 0.211. The molecule has 0 radical (unpaired) electrons. The van der Waals surface area contributed by atoms with Gasteiger partial charge in [-0.25, -0.2) is 4.98 Å². The summed E-state index contributed by atoms with van der Waals surface area (Å²) < 4.78 is 2.35. The molecule has 0 bridgehead atoms. The number of nitrogens with zero attached hydrogens (tertiary/aromatic N) is 2. The van der Waals surface area contributed by atoms with E-state index in [9.17, 15) is 0 Å². The molecule has 1 aliphatic carbocycles. The number of hydrogen-bond donors (Lipinski definition) is 1. The zero-order valence-corrected chi connectivity index (χ0v) is 9.74. The van der Waals surface area contributed by atoms with Crippen LogP contribution < -0.4 is 5.32 Å². The lowest BCUT2D eigenvalue weighted by Crippen LogP contribution is -2.27. The Bertz CT molecular complexity index is 300. The highest BCUT2D eigenvalue weighted by Gasteiger charge is 2.27. The first-order valence-corrected chi connectivity index (χ1v) is 6.02. The van der Waals surface area contributed by atoms with Crippen molar-refractivity contribution in [2.75, 3.05) is 6.54 Å². The van der Waals surface area contributed by atoms with Crippen LogP contribution >= 0.6 is 0 Å². The van der Waals surface area contributed by atoms with Gasteiger partial charge in [0, 0.05) is 18.8 Å². The Morgan fingerprint density at radius 1 is 1.53 bits per heavy atom. The van der Waals surface area contributed by atoms with E-state index in [0.717, 1.165) is 19.0 Å². The minimum Gasteiger partial charge on any atom is -0.330 e. The molecular formula is C12H21N3. The summed E-state index contributed by atoms with van der Waals surface area (Å²) in [5, 5.41) is 3.43. The molecule has 0 aromatic carbocycles. The molecule has 15 heavy (non-hydrogen) atoms. The monoisotopic (exact) mass is 207 g/mol. The van der Waals surface area contributed by atoms with Gasteiger partial charge in [-0.3, -0.25) is 0 Å². The van der Waals surface area contributed by atoms with Gasteiger partial charge in [0.1, 0.15) is 0 Å². The summed E-state index contributed by atoms with van der Waals surface area (Å²) in [6.07, 6.45) is 7.80. The molecule has 1 aliphatic rings. The first-order valence-electron chi connectivity index (χ1n) is 6.02. The normalized spacial score (nSPS) is 25.2. The van der Waals surface area contributed by atoms with Crippen molar-refractivity contribution in [2.24, 2.45) is 5.92 Å². The van der Waals surface area contributed by atoms with Crippen LogP contribution in [-0.4, -0.2) is 16.1 Å². The van der Waals surface area contributed by atoms with Gasteiger partial charge in [-0.2, -0.15) is 0 Å². The predicted octanol–water partition coefficient (Wildman–Crippen LogP) is 2.35. The second-order valence-corrected chi connectivity index (χ2v) is 4.70. The van der Waals surface area contributed by atoms with Crippen LogP contribution in [0.3, 0.4) is 0 Å². The van der Waals surface area contributed by atoms with Gasteiger partial charge in [-0.1, -0.05) is 13.8 Å². The second kappa shape index (κ2) is 4.79. The standard InChI is InChI=1S/C12H21N3/c1-3-4-13-7-12-8-14-9-15(12)11-5-10(2)6-11/h8-11,13H,3-7H2,1-2H3. The number of rotatable bonds is 5. The summed E-state index contributed by atoms with van der Waals surface area (Å²) in [5.74, 6) is 0.897. The molecule has 3 heteroatoms. The highest BCUT2D eigenvalue weighted by molar-refractivity contribution is 5.02. The first kappa shape index (κ1) is 10.7. The lowest BCUT2D eigenvalue weighted by atomic mass is 9.81. The number of hydrogen-bond acceptors (Lipinski definition) is 2. The summed E-state index contributed by atoms with van der Waals surface area (Å²) in [5.41, 5.74) is 1.33. The molecule has 1 aromatic rings. The van der Waals surface area contributed by atoms with E-state index in [1.807, 2.05) is 12.5 Å². The zero-order valence-electron chi connectivity index (χ0n) is 9.74. The molecule has 0 aliphatic heterocycles. The molecule has 2 rings (SSSR count). The summed E-state index contributed by atoms with van der Waals surface area (Å²) in [6, 6.07) is 0.709. The van der Waals surface area contributed by atoms with E-state index >= 15 is 0 Å². The minimum atomic E-state index is 0.709. The van der Waals surface area contributed by atoms with Gasteiger partial charge in [-0.05, 0) is 31.7 Å². The van der Waals surface area contributed by atoms with E-state index in [4.69, 9.17) is 0 Å². The fraction of sp³-hybridized carbons (Fsp3) is 0.750. The third-order valence-corrected chi connectivity index (χ3v) is 3.22. The molecular weight excluding hydrogens is 186 g/mol. The topological polar surface area (TPSA) is 29.9 Å². The Balaban J connectivity index is 1.90. The molecule has 1 saturated carbocycles. The summed E-state index contributed by atoms with van der Waals surface area (Å²) in [7, 11) is 0. The molecule has 3 nitrogen and oxygen atoms in total. The smallest absolute Gasteiger partial charge is 0.0951 e. The van der Waals surface area contributed by atoms with E-state index < -0.39 is 0 Å². The fourth-order valence-electron chi connectivity index (χ4n) is 2.28. The Morgan fingerprint density at radius 3 is 3.00 bits per heavy atom. The largest absolute Gasteiger partial charge is 0.330 e. The van der Waals surface area contributed by atoms with E-state index in [1.54, 1.807) is 0 Å². The van der Waals surface area contributed by atoms with Crippen LogP contribution in [0.15, 0.2) is 12.5 Å². The zero-order chi connectivity index (χ0) is 10.7. The molecule has 84 valence electrons. The van der Waals surface area contributed by atoms with Gasteiger partial charge < -0.3 is 9.88 Å². The van der Waals surface area contributed by atoms with Crippen LogP contribution in [0.25, 0.3) is 0 Å². The average Bonchev–Trinajstić information content (AvgIpc) is 2.61. The summed E-state index contributed by atoms with van der Waals surface area (Å²) in [6.45, 7) is 6.56. The second-order valence-electron chi connectivity index (χ2n) is 4.70. The Morgan fingerprint density at radius 2 is 2.33 bits per heavy atom. The van der Waals surface area contributed by atoms with Gasteiger partial charge >= 0.3 is 0 Å². The van der Waals surface area contributed by atoms with Crippen molar-refractivity contribution >= 4 is 0 Å².